The maximum atomic E-state index is 11.0. The molecule has 0 saturated heterocycles. The molecule has 1 aromatic carbocycles. The van der Waals surface area contributed by atoms with Crippen LogP contribution in [0.1, 0.15) is 5.56 Å². The van der Waals surface area contributed by atoms with Crippen LogP contribution in [0.4, 0.5) is 11.5 Å². The van der Waals surface area contributed by atoms with Gasteiger partial charge in [0.2, 0.25) is 0 Å². The average Bonchev–Trinajstić information content (AvgIpc) is 2.48. The normalized spacial score (nSPS) is 10.5. The third kappa shape index (κ3) is 3.44. The highest BCUT2D eigenvalue weighted by atomic mass is 16.6. The van der Waals surface area contributed by atoms with Crippen LogP contribution in [-0.2, 0) is 0 Å². The van der Waals surface area contributed by atoms with Crippen molar-refractivity contribution in [2.24, 2.45) is 5.10 Å². The SMILES string of the molecule is COc1cc([N+](=O)[O-])c(C=NNc2ccccn2)cc1O. The minimum atomic E-state index is -0.579. The molecule has 0 fully saturated rings. The molecule has 0 atom stereocenters. The highest BCUT2D eigenvalue weighted by Gasteiger charge is 2.17. The van der Waals surface area contributed by atoms with E-state index in [9.17, 15) is 15.2 Å². The molecular weight excluding hydrogens is 276 g/mol. The minimum Gasteiger partial charge on any atom is -0.504 e. The number of nitro groups is 1. The fourth-order valence-electron chi connectivity index (χ4n) is 1.60. The van der Waals surface area contributed by atoms with Crippen LogP contribution in [0.3, 0.4) is 0 Å². The van der Waals surface area contributed by atoms with Gasteiger partial charge in [-0.05, 0) is 18.2 Å². The number of aromatic nitrogens is 1. The van der Waals surface area contributed by atoms with Crippen molar-refractivity contribution in [2.75, 3.05) is 12.5 Å². The van der Waals surface area contributed by atoms with Crippen LogP contribution in [0.15, 0.2) is 41.6 Å². The standard InChI is InChI=1S/C13H12N4O4/c1-21-12-7-10(17(19)20)9(6-11(12)18)8-15-16-13-4-2-3-5-14-13/h2-8,18H,1H3,(H,14,16). The molecular formula is C13H12N4O4. The van der Waals surface area contributed by atoms with Gasteiger partial charge in [0.25, 0.3) is 5.69 Å². The molecule has 0 aliphatic rings. The summed E-state index contributed by atoms with van der Waals surface area (Å²) in [5.41, 5.74) is 2.54. The van der Waals surface area contributed by atoms with Crippen LogP contribution in [0, 0.1) is 10.1 Å². The first-order valence-electron chi connectivity index (χ1n) is 5.87. The average molecular weight is 288 g/mol. The molecule has 0 aliphatic heterocycles. The summed E-state index contributed by atoms with van der Waals surface area (Å²) < 4.78 is 4.84. The number of methoxy groups -OCH3 is 1. The number of nitrogens with zero attached hydrogens (tertiary/aromatic N) is 3. The second-order valence-electron chi connectivity index (χ2n) is 3.92. The Hall–Kier alpha value is -3.16. The van der Waals surface area contributed by atoms with Gasteiger partial charge in [-0.25, -0.2) is 4.98 Å². The van der Waals surface area contributed by atoms with E-state index in [1.54, 1.807) is 24.4 Å². The van der Waals surface area contributed by atoms with E-state index in [0.29, 0.717) is 5.82 Å². The summed E-state index contributed by atoms with van der Waals surface area (Å²) in [5.74, 6) is 0.313. The smallest absolute Gasteiger partial charge is 0.282 e. The quantitative estimate of drug-likeness (QED) is 0.495. The largest absolute Gasteiger partial charge is 0.504 e. The molecule has 2 rings (SSSR count). The molecule has 0 unspecified atom stereocenters. The molecule has 21 heavy (non-hydrogen) atoms. The van der Waals surface area contributed by atoms with Gasteiger partial charge in [0.15, 0.2) is 11.5 Å². The Morgan fingerprint density at radius 1 is 1.48 bits per heavy atom. The summed E-state index contributed by atoms with van der Waals surface area (Å²) in [6, 6.07) is 7.56. The molecule has 0 aliphatic carbocycles. The van der Waals surface area contributed by atoms with Crippen LogP contribution in [0.2, 0.25) is 0 Å². The summed E-state index contributed by atoms with van der Waals surface area (Å²) >= 11 is 0. The minimum absolute atomic E-state index is 0.0246. The van der Waals surface area contributed by atoms with Crippen LogP contribution in [-0.4, -0.2) is 28.3 Å². The van der Waals surface area contributed by atoms with Gasteiger partial charge in [-0.15, -0.1) is 0 Å². The number of phenolic OH excluding ortho intramolecular Hbond substituents is 1. The second-order valence-corrected chi connectivity index (χ2v) is 3.92. The van der Waals surface area contributed by atoms with Crippen LogP contribution in [0.25, 0.3) is 0 Å². The molecule has 108 valence electrons. The molecule has 2 aromatic rings. The maximum absolute atomic E-state index is 11.0. The summed E-state index contributed by atoms with van der Waals surface area (Å²) in [5, 5.41) is 24.5. The highest BCUT2D eigenvalue weighted by molar-refractivity contribution is 5.87. The first kappa shape index (κ1) is 14.3. The Kier molecular flexibility index (Phi) is 4.30. The first-order chi connectivity index (χ1) is 10.1. The molecule has 0 spiro atoms. The fourth-order valence-corrected chi connectivity index (χ4v) is 1.60. The lowest BCUT2D eigenvalue weighted by Gasteiger charge is -2.05. The topological polar surface area (TPSA) is 110 Å². The Morgan fingerprint density at radius 2 is 2.29 bits per heavy atom. The van der Waals surface area contributed by atoms with E-state index in [1.165, 1.54) is 19.4 Å². The summed E-state index contributed by atoms with van der Waals surface area (Å²) in [4.78, 5) is 14.4. The van der Waals surface area contributed by atoms with Gasteiger partial charge in [-0.1, -0.05) is 6.07 Å². The van der Waals surface area contributed by atoms with Crippen molar-refractivity contribution in [3.05, 3.63) is 52.2 Å². The maximum Gasteiger partial charge on any atom is 0.282 e. The number of hydrogen-bond acceptors (Lipinski definition) is 7. The van der Waals surface area contributed by atoms with Gasteiger partial charge >= 0.3 is 0 Å². The molecule has 8 heteroatoms. The van der Waals surface area contributed by atoms with Crippen molar-refractivity contribution in [1.82, 2.24) is 4.98 Å². The lowest BCUT2D eigenvalue weighted by molar-refractivity contribution is -0.385. The molecule has 1 heterocycles. The van der Waals surface area contributed by atoms with Crippen molar-refractivity contribution < 1.29 is 14.8 Å². The molecule has 0 amide bonds. The van der Waals surface area contributed by atoms with E-state index in [2.05, 4.69) is 15.5 Å². The van der Waals surface area contributed by atoms with E-state index in [0.717, 1.165) is 6.07 Å². The van der Waals surface area contributed by atoms with E-state index < -0.39 is 4.92 Å². The van der Waals surface area contributed by atoms with Crippen LogP contribution in [0.5, 0.6) is 11.5 Å². The molecule has 0 saturated carbocycles. The fraction of sp³-hybridized carbons (Fsp3) is 0.0769. The molecule has 8 nitrogen and oxygen atoms in total. The van der Waals surface area contributed by atoms with Gasteiger partial charge in [-0.3, -0.25) is 15.5 Å². The first-order valence-corrected chi connectivity index (χ1v) is 5.87. The summed E-state index contributed by atoms with van der Waals surface area (Å²) in [6.07, 6.45) is 2.81. The van der Waals surface area contributed by atoms with Crippen LogP contribution < -0.4 is 10.2 Å². The Bertz CT molecular complexity index is 673. The number of aromatic hydroxyl groups is 1. The molecule has 0 bridgehead atoms. The molecule has 1 aromatic heterocycles. The lowest BCUT2D eigenvalue weighted by atomic mass is 10.1. The zero-order valence-corrected chi connectivity index (χ0v) is 11.1. The Morgan fingerprint density at radius 3 is 2.90 bits per heavy atom. The number of anilines is 1. The monoisotopic (exact) mass is 288 g/mol. The number of hydrazone groups is 1. The number of benzene rings is 1. The van der Waals surface area contributed by atoms with Gasteiger partial charge in [0, 0.05) is 6.20 Å². The van der Waals surface area contributed by atoms with Gasteiger partial charge < -0.3 is 9.84 Å². The van der Waals surface area contributed by atoms with Crippen molar-refractivity contribution in [3.63, 3.8) is 0 Å². The number of phenols is 1. The number of rotatable bonds is 5. The second kappa shape index (κ2) is 6.33. The molecule has 0 radical (unpaired) electrons. The van der Waals surface area contributed by atoms with Crippen LogP contribution >= 0.6 is 0 Å². The zero-order chi connectivity index (χ0) is 15.2. The number of nitro benzene ring substituents is 1. The van der Waals surface area contributed by atoms with E-state index in [1.807, 2.05) is 0 Å². The predicted molar refractivity (Wildman–Crippen MR) is 76.8 cm³/mol. The number of ether oxygens (including phenoxy) is 1. The van der Waals surface area contributed by atoms with Gasteiger partial charge in [0.1, 0.15) is 5.82 Å². The van der Waals surface area contributed by atoms with E-state index in [4.69, 9.17) is 4.74 Å². The number of nitrogens with one attached hydrogen (secondary N) is 1. The lowest BCUT2D eigenvalue weighted by Crippen LogP contribution is -1.98. The van der Waals surface area contributed by atoms with E-state index >= 15 is 0 Å². The Labute approximate surface area is 119 Å². The van der Waals surface area contributed by atoms with Crippen molar-refractivity contribution in [3.8, 4) is 11.5 Å². The van der Waals surface area contributed by atoms with Crippen molar-refractivity contribution in [1.29, 1.82) is 0 Å². The number of hydrogen-bond donors (Lipinski definition) is 2. The van der Waals surface area contributed by atoms with Crippen molar-refractivity contribution in [2.45, 2.75) is 0 Å². The predicted octanol–water partition coefficient (Wildman–Crippen LogP) is 2.15. The van der Waals surface area contributed by atoms with Crippen molar-refractivity contribution >= 4 is 17.7 Å². The highest BCUT2D eigenvalue weighted by Crippen LogP contribution is 2.32. The van der Waals surface area contributed by atoms with Gasteiger partial charge in [0.05, 0.1) is 29.9 Å². The summed E-state index contributed by atoms with van der Waals surface area (Å²) in [7, 11) is 1.31. The Balaban J connectivity index is 2.26. The van der Waals surface area contributed by atoms with Gasteiger partial charge in [-0.2, -0.15) is 5.10 Å². The molecule has 2 N–H and O–H groups in total. The zero-order valence-electron chi connectivity index (χ0n) is 11.1. The third-order valence-corrected chi connectivity index (χ3v) is 2.57. The third-order valence-electron chi connectivity index (χ3n) is 2.57. The van der Waals surface area contributed by atoms with E-state index in [-0.39, 0.29) is 22.7 Å². The number of pyridine rings is 1. The summed E-state index contributed by atoms with van der Waals surface area (Å²) in [6.45, 7) is 0.